The largest absolute Gasteiger partial charge is 0.505 e. The monoisotopic (exact) mass is 672 g/mol. The van der Waals surface area contributed by atoms with Crippen molar-refractivity contribution in [2.24, 2.45) is 0 Å². The molecule has 0 aliphatic carbocycles. The SMILES string of the molecule is C[Si](C)(CCCOCC1CO1)O[Si](O[Si](C)(C)CCCOCC1CO1)(O[Si](C)(C)CCCOCC1CO1)c1ccccc1. The summed E-state index contributed by atoms with van der Waals surface area (Å²) >= 11 is 0. The van der Waals surface area contributed by atoms with Crippen molar-refractivity contribution in [2.45, 2.75) is 95.0 Å². The first-order valence-corrected chi connectivity index (χ1v) is 27.3. The second-order valence-electron chi connectivity index (χ2n) is 13.9. The van der Waals surface area contributed by atoms with Gasteiger partial charge in [-0.15, -0.1) is 0 Å². The predicted octanol–water partition coefficient (Wildman–Crippen LogP) is 4.91. The highest BCUT2D eigenvalue weighted by molar-refractivity contribution is 6.96. The van der Waals surface area contributed by atoms with Crippen LogP contribution in [0.4, 0.5) is 0 Å². The van der Waals surface area contributed by atoms with E-state index in [-0.39, 0.29) is 0 Å². The Labute approximate surface area is 263 Å². The maximum absolute atomic E-state index is 7.38. The van der Waals surface area contributed by atoms with Crippen molar-refractivity contribution in [2.75, 3.05) is 59.5 Å². The van der Waals surface area contributed by atoms with Gasteiger partial charge in [0.05, 0.1) is 39.6 Å². The molecule has 0 saturated carbocycles. The predicted molar refractivity (Wildman–Crippen MR) is 177 cm³/mol. The molecule has 1 aromatic rings. The summed E-state index contributed by atoms with van der Waals surface area (Å²) in [6.45, 7) is 20.5. The zero-order chi connectivity index (χ0) is 30.8. The zero-order valence-electron chi connectivity index (χ0n) is 27.4. The molecule has 3 heterocycles. The number of ether oxygens (including phenoxy) is 6. The van der Waals surface area contributed by atoms with Crippen LogP contribution >= 0.6 is 0 Å². The molecule has 3 fully saturated rings. The summed E-state index contributed by atoms with van der Waals surface area (Å²) in [4.78, 5) is 0. The Kier molecular flexibility index (Phi) is 13.7. The smallest absolute Gasteiger partial charge is 0.413 e. The molecule has 0 N–H and O–H groups in total. The van der Waals surface area contributed by atoms with Crippen molar-refractivity contribution in [3.8, 4) is 0 Å². The van der Waals surface area contributed by atoms with Crippen LogP contribution in [0.25, 0.3) is 0 Å². The Hall–Kier alpha value is -0.272. The van der Waals surface area contributed by atoms with Gasteiger partial charge in [0, 0.05) is 25.0 Å². The summed E-state index contributed by atoms with van der Waals surface area (Å²) in [7, 11) is -9.95. The lowest BCUT2D eigenvalue weighted by molar-refractivity contribution is 0.115. The Morgan fingerprint density at radius 2 is 0.884 bits per heavy atom. The molecule has 0 radical (unpaired) electrons. The lowest BCUT2D eigenvalue weighted by Gasteiger charge is -2.45. The highest BCUT2D eigenvalue weighted by Gasteiger charge is 2.54. The third-order valence-corrected chi connectivity index (χ3v) is 23.2. The molecular formula is C30H56O9Si4. The molecule has 43 heavy (non-hydrogen) atoms. The Morgan fingerprint density at radius 3 is 1.19 bits per heavy atom. The van der Waals surface area contributed by atoms with E-state index < -0.39 is 33.8 Å². The summed E-state index contributed by atoms with van der Waals surface area (Å²) in [6.07, 6.45) is 3.74. The number of hydrogen-bond donors (Lipinski definition) is 0. The minimum absolute atomic E-state index is 0.292. The normalized spacial score (nSPS) is 23.3. The summed E-state index contributed by atoms with van der Waals surface area (Å²) < 4.78 is 55.6. The van der Waals surface area contributed by atoms with Gasteiger partial charge in [0.25, 0.3) is 0 Å². The Morgan fingerprint density at radius 1 is 0.558 bits per heavy atom. The first-order valence-electron chi connectivity index (χ1n) is 16.2. The van der Waals surface area contributed by atoms with Crippen molar-refractivity contribution >= 4 is 38.9 Å². The van der Waals surface area contributed by atoms with Gasteiger partial charge in [-0.25, -0.2) is 0 Å². The Balaban J connectivity index is 1.45. The minimum Gasteiger partial charge on any atom is -0.413 e. The maximum Gasteiger partial charge on any atom is 0.505 e. The molecule has 0 amide bonds. The second-order valence-corrected chi connectivity index (χ2v) is 30.1. The van der Waals surface area contributed by atoms with Crippen LogP contribution in [0.5, 0.6) is 0 Å². The molecule has 0 aromatic heterocycles. The topological polar surface area (TPSA) is 93.0 Å². The van der Waals surface area contributed by atoms with Crippen LogP contribution in [-0.4, -0.2) is 112 Å². The van der Waals surface area contributed by atoms with E-state index in [0.717, 1.165) is 82.2 Å². The van der Waals surface area contributed by atoms with Crippen LogP contribution in [0.2, 0.25) is 57.4 Å². The van der Waals surface area contributed by atoms with Crippen molar-refractivity contribution in [1.29, 1.82) is 0 Å². The highest BCUT2D eigenvalue weighted by Crippen LogP contribution is 2.31. The minimum atomic E-state index is -3.30. The van der Waals surface area contributed by atoms with Crippen LogP contribution in [0.1, 0.15) is 19.3 Å². The molecule has 246 valence electrons. The van der Waals surface area contributed by atoms with Gasteiger partial charge < -0.3 is 40.8 Å². The van der Waals surface area contributed by atoms with Crippen LogP contribution < -0.4 is 5.19 Å². The van der Waals surface area contributed by atoms with Crippen LogP contribution in [0, 0.1) is 0 Å². The second kappa shape index (κ2) is 16.5. The quantitative estimate of drug-likeness (QED) is 0.0816. The van der Waals surface area contributed by atoms with Gasteiger partial charge in [-0.2, -0.15) is 0 Å². The average molecular weight is 673 g/mol. The van der Waals surface area contributed by atoms with Crippen molar-refractivity contribution < 1.29 is 40.8 Å². The third-order valence-electron chi connectivity index (χ3n) is 7.68. The lowest BCUT2D eigenvalue weighted by Crippen LogP contribution is -2.68. The fraction of sp³-hybridized carbons (Fsp3) is 0.800. The van der Waals surface area contributed by atoms with Crippen LogP contribution in [0.15, 0.2) is 30.3 Å². The summed E-state index contributed by atoms with van der Waals surface area (Å²) in [6, 6.07) is 13.5. The molecule has 3 atom stereocenters. The van der Waals surface area contributed by atoms with E-state index in [9.17, 15) is 0 Å². The van der Waals surface area contributed by atoms with E-state index in [0.29, 0.717) is 38.1 Å². The number of epoxide rings is 3. The maximum atomic E-state index is 7.38. The zero-order valence-corrected chi connectivity index (χ0v) is 31.4. The number of benzene rings is 1. The molecule has 3 unspecified atom stereocenters. The van der Waals surface area contributed by atoms with E-state index >= 15 is 0 Å². The van der Waals surface area contributed by atoms with Crippen molar-refractivity contribution in [3.63, 3.8) is 0 Å². The van der Waals surface area contributed by atoms with Gasteiger partial charge in [-0.3, -0.25) is 0 Å². The van der Waals surface area contributed by atoms with Gasteiger partial charge in [0.15, 0.2) is 25.0 Å². The van der Waals surface area contributed by atoms with E-state index in [1.165, 1.54) is 0 Å². The molecule has 1 aromatic carbocycles. The van der Waals surface area contributed by atoms with E-state index in [1.54, 1.807) is 0 Å². The molecule has 3 aliphatic rings. The highest BCUT2D eigenvalue weighted by atomic mass is 28.5. The molecule has 0 bridgehead atoms. The average Bonchev–Trinajstić information content (AvgIpc) is 3.78. The summed E-state index contributed by atoms with van der Waals surface area (Å²) in [5.41, 5.74) is 0. The van der Waals surface area contributed by atoms with Gasteiger partial charge in [-0.1, -0.05) is 30.3 Å². The standard InChI is InChI=1S/C30H56O9Si4/c1-40(2,18-10-15-31-21-27-24-34-27)37-43(30-13-8-7-9-14-30,38-41(3,4)19-11-16-32-22-28-25-35-28)39-42(5,6)20-12-17-33-23-29-26-36-29/h7-9,13-14,27-29H,10-12,15-26H2,1-6H3. The van der Waals surface area contributed by atoms with Gasteiger partial charge >= 0.3 is 8.80 Å². The molecule has 13 heteroatoms. The fourth-order valence-corrected chi connectivity index (χ4v) is 21.6. The van der Waals surface area contributed by atoms with E-state index in [1.807, 2.05) is 0 Å². The first-order chi connectivity index (χ1) is 20.5. The fourth-order valence-electron chi connectivity index (χ4n) is 5.06. The van der Waals surface area contributed by atoms with Crippen LogP contribution in [0.3, 0.4) is 0 Å². The molecular weight excluding hydrogens is 617 g/mol. The first kappa shape index (κ1) is 35.6. The van der Waals surface area contributed by atoms with Gasteiger partial charge in [0.1, 0.15) is 18.3 Å². The number of hydrogen-bond acceptors (Lipinski definition) is 9. The van der Waals surface area contributed by atoms with E-state index in [2.05, 4.69) is 69.6 Å². The molecule has 3 saturated heterocycles. The van der Waals surface area contributed by atoms with E-state index in [4.69, 9.17) is 40.8 Å². The molecule has 0 spiro atoms. The molecule has 4 rings (SSSR count). The third kappa shape index (κ3) is 14.4. The lowest BCUT2D eigenvalue weighted by atomic mass is 10.4. The van der Waals surface area contributed by atoms with Gasteiger partial charge in [0.2, 0.25) is 0 Å². The Bertz CT molecular complexity index is 852. The molecule has 9 nitrogen and oxygen atoms in total. The summed E-state index contributed by atoms with van der Waals surface area (Å²) in [5.74, 6) is 0. The molecule has 3 aliphatic heterocycles. The van der Waals surface area contributed by atoms with Crippen LogP contribution in [-0.2, 0) is 40.8 Å². The number of rotatable bonds is 25. The van der Waals surface area contributed by atoms with Gasteiger partial charge in [-0.05, 0) is 76.7 Å². The van der Waals surface area contributed by atoms with Crippen molar-refractivity contribution in [1.82, 2.24) is 0 Å². The van der Waals surface area contributed by atoms with Crippen molar-refractivity contribution in [3.05, 3.63) is 30.3 Å². The summed E-state index contributed by atoms with van der Waals surface area (Å²) in [5, 5.41) is 1.07.